The predicted molar refractivity (Wildman–Crippen MR) is 60.6 cm³/mol. The molecule has 0 fully saturated rings. The third-order valence-corrected chi connectivity index (χ3v) is 3.12. The maximum Gasteiger partial charge on any atom is 0.143 e. The molecule has 3 rings (SSSR count). The molecule has 1 aromatic carbocycles. The van der Waals surface area contributed by atoms with Gasteiger partial charge in [-0.2, -0.15) is 0 Å². The molecule has 2 heterocycles. The first-order valence-electron chi connectivity index (χ1n) is 5.65. The second-order valence-electron chi connectivity index (χ2n) is 4.16. The molecule has 0 N–H and O–H groups in total. The van der Waals surface area contributed by atoms with Gasteiger partial charge in [-0.05, 0) is 31.4 Å². The van der Waals surface area contributed by atoms with E-state index in [1.54, 1.807) is 12.1 Å². The summed E-state index contributed by atoms with van der Waals surface area (Å²) in [6.45, 7) is 0.957. The van der Waals surface area contributed by atoms with E-state index >= 15 is 0 Å². The first kappa shape index (κ1) is 9.58. The third-order valence-electron chi connectivity index (χ3n) is 3.12. The smallest absolute Gasteiger partial charge is 0.143 e. The highest BCUT2D eigenvalue weighted by atomic mass is 19.1. The monoisotopic (exact) mass is 216 g/mol. The number of rotatable bonds is 1. The molecule has 82 valence electrons. The lowest BCUT2D eigenvalue weighted by Crippen LogP contribution is -2.11. The minimum absolute atomic E-state index is 0.193. The van der Waals surface area contributed by atoms with E-state index in [4.69, 9.17) is 0 Å². The zero-order valence-electron chi connectivity index (χ0n) is 8.99. The largest absolute Gasteiger partial charge is 0.328 e. The van der Waals surface area contributed by atoms with E-state index in [1.807, 2.05) is 12.3 Å². The van der Waals surface area contributed by atoms with Crippen molar-refractivity contribution in [1.29, 1.82) is 0 Å². The van der Waals surface area contributed by atoms with Crippen LogP contribution in [0.1, 0.15) is 18.5 Å². The van der Waals surface area contributed by atoms with Crippen LogP contribution < -0.4 is 0 Å². The summed E-state index contributed by atoms with van der Waals surface area (Å²) in [5.74, 6) is 0.578. The minimum atomic E-state index is -0.193. The lowest BCUT2D eigenvalue weighted by Gasteiger charge is -2.16. The topological polar surface area (TPSA) is 17.8 Å². The van der Waals surface area contributed by atoms with Gasteiger partial charge in [0.25, 0.3) is 0 Å². The summed E-state index contributed by atoms with van der Waals surface area (Å²) in [6, 6.07) is 6.83. The number of halogens is 1. The Bertz CT molecular complexity index is 516. The van der Waals surface area contributed by atoms with Gasteiger partial charge in [-0.3, -0.25) is 0 Å². The summed E-state index contributed by atoms with van der Waals surface area (Å²) in [5, 5.41) is 0. The molecule has 3 heteroatoms. The van der Waals surface area contributed by atoms with Crippen molar-refractivity contribution >= 4 is 0 Å². The molecule has 0 bridgehead atoms. The standard InChI is InChI=1S/C13H13FN2/c14-12-7-2-1-6-11(12)13-15-9-10-5-3-4-8-16(10)13/h1-2,6-7,9H,3-5,8H2. The SMILES string of the molecule is Fc1ccccc1-c1ncc2n1CCCC2. The van der Waals surface area contributed by atoms with Gasteiger partial charge in [-0.15, -0.1) is 0 Å². The van der Waals surface area contributed by atoms with E-state index in [9.17, 15) is 4.39 Å². The van der Waals surface area contributed by atoms with Crippen LogP contribution in [0.5, 0.6) is 0 Å². The van der Waals surface area contributed by atoms with Crippen LogP contribution in [0.2, 0.25) is 0 Å². The number of aryl methyl sites for hydroxylation is 1. The van der Waals surface area contributed by atoms with Gasteiger partial charge in [0, 0.05) is 18.4 Å². The van der Waals surface area contributed by atoms with E-state index in [-0.39, 0.29) is 5.82 Å². The zero-order valence-corrected chi connectivity index (χ0v) is 8.99. The molecule has 0 aliphatic carbocycles. The van der Waals surface area contributed by atoms with E-state index < -0.39 is 0 Å². The molecule has 1 aromatic heterocycles. The second-order valence-corrected chi connectivity index (χ2v) is 4.16. The van der Waals surface area contributed by atoms with E-state index in [0.29, 0.717) is 5.56 Å². The Morgan fingerprint density at radius 2 is 2.06 bits per heavy atom. The number of hydrogen-bond acceptors (Lipinski definition) is 1. The van der Waals surface area contributed by atoms with Crippen molar-refractivity contribution in [2.45, 2.75) is 25.8 Å². The van der Waals surface area contributed by atoms with Crippen molar-refractivity contribution in [2.75, 3.05) is 0 Å². The van der Waals surface area contributed by atoms with Crippen LogP contribution in [0.25, 0.3) is 11.4 Å². The van der Waals surface area contributed by atoms with Crippen molar-refractivity contribution in [2.24, 2.45) is 0 Å². The van der Waals surface area contributed by atoms with Crippen molar-refractivity contribution in [3.63, 3.8) is 0 Å². The Morgan fingerprint density at radius 3 is 2.94 bits per heavy atom. The molecule has 0 saturated carbocycles. The average Bonchev–Trinajstić information content (AvgIpc) is 2.74. The third kappa shape index (κ3) is 1.43. The molecule has 1 aliphatic heterocycles. The molecule has 0 radical (unpaired) electrons. The minimum Gasteiger partial charge on any atom is -0.328 e. The quantitative estimate of drug-likeness (QED) is 0.716. The molecule has 0 spiro atoms. The van der Waals surface area contributed by atoms with E-state index in [1.165, 1.54) is 18.2 Å². The molecule has 1 aliphatic rings. The van der Waals surface area contributed by atoms with Crippen LogP contribution in [-0.4, -0.2) is 9.55 Å². The van der Waals surface area contributed by atoms with Crippen molar-refractivity contribution < 1.29 is 4.39 Å². The van der Waals surface area contributed by atoms with Gasteiger partial charge in [0.05, 0.1) is 5.56 Å². The number of aromatic nitrogens is 2. The van der Waals surface area contributed by atoms with Crippen molar-refractivity contribution in [3.8, 4) is 11.4 Å². The second kappa shape index (κ2) is 3.74. The lowest BCUT2D eigenvalue weighted by atomic mass is 10.1. The van der Waals surface area contributed by atoms with Gasteiger partial charge in [-0.1, -0.05) is 12.1 Å². The number of imidazole rings is 1. The highest BCUT2D eigenvalue weighted by Gasteiger charge is 2.16. The Labute approximate surface area is 93.7 Å². The van der Waals surface area contributed by atoms with Gasteiger partial charge < -0.3 is 4.57 Å². The average molecular weight is 216 g/mol. The molecule has 0 saturated heterocycles. The molecule has 2 aromatic rings. The Kier molecular flexibility index (Phi) is 2.24. The van der Waals surface area contributed by atoms with E-state index in [2.05, 4.69) is 9.55 Å². The fourth-order valence-electron chi connectivity index (χ4n) is 2.29. The molecule has 0 amide bonds. The summed E-state index contributed by atoms with van der Waals surface area (Å²) < 4.78 is 15.8. The molecule has 0 atom stereocenters. The van der Waals surface area contributed by atoms with Crippen LogP contribution in [-0.2, 0) is 13.0 Å². The van der Waals surface area contributed by atoms with Crippen LogP contribution >= 0.6 is 0 Å². The predicted octanol–water partition coefficient (Wildman–Crippen LogP) is 3.03. The number of benzene rings is 1. The van der Waals surface area contributed by atoms with Gasteiger partial charge in [-0.25, -0.2) is 9.37 Å². The zero-order chi connectivity index (χ0) is 11.0. The summed E-state index contributed by atoms with van der Waals surface area (Å²) in [7, 11) is 0. The van der Waals surface area contributed by atoms with Crippen LogP contribution in [0.15, 0.2) is 30.5 Å². The number of nitrogens with zero attached hydrogens (tertiary/aromatic N) is 2. The summed E-state index contributed by atoms with van der Waals surface area (Å²) in [4.78, 5) is 4.35. The summed E-state index contributed by atoms with van der Waals surface area (Å²) in [5.41, 5.74) is 1.83. The molecule has 0 unspecified atom stereocenters. The van der Waals surface area contributed by atoms with Gasteiger partial charge in [0.1, 0.15) is 11.6 Å². The highest BCUT2D eigenvalue weighted by Crippen LogP contribution is 2.26. The molecule has 2 nitrogen and oxygen atoms in total. The fraction of sp³-hybridized carbons (Fsp3) is 0.308. The van der Waals surface area contributed by atoms with Gasteiger partial charge in [0.15, 0.2) is 0 Å². The van der Waals surface area contributed by atoms with Crippen molar-refractivity contribution in [3.05, 3.63) is 42.0 Å². The molecular formula is C13H13FN2. The van der Waals surface area contributed by atoms with Gasteiger partial charge in [0.2, 0.25) is 0 Å². The highest BCUT2D eigenvalue weighted by molar-refractivity contribution is 5.57. The molecule has 16 heavy (non-hydrogen) atoms. The van der Waals surface area contributed by atoms with E-state index in [0.717, 1.165) is 25.2 Å². The Morgan fingerprint density at radius 1 is 1.19 bits per heavy atom. The summed E-state index contributed by atoms with van der Waals surface area (Å²) >= 11 is 0. The molecular weight excluding hydrogens is 203 g/mol. The first-order valence-corrected chi connectivity index (χ1v) is 5.65. The Hall–Kier alpha value is -1.64. The Balaban J connectivity index is 2.13. The number of fused-ring (bicyclic) bond motifs is 1. The van der Waals surface area contributed by atoms with Crippen molar-refractivity contribution in [1.82, 2.24) is 9.55 Å². The number of hydrogen-bond donors (Lipinski definition) is 0. The summed E-state index contributed by atoms with van der Waals surface area (Å²) in [6.07, 6.45) is 5.30. The van der Waals surface area contributed by atoms with Crippen LogP contribution in [0.4, 0.5) is 4.39 Å². The van der Waals surface area contributed by atoms with Crippen LogP contribution in [0.3, 0.4) is 0 Å². The maximum absolute atomic E-state index is 13.7. The first-order chi connectivity index (χ1) is 7.86. The lowest BCUT2D eigenvalue weighted by molar-refractivity contribution is 0.534. The van der Waals surface area contributed by atoms with Gasteiger partial charge >= 0.3 is 0 Å². The van der Waals surface area contributed by atoms with Crippen LogP contribution in [0, 0.1) is 5.82 Å². The fourth-order valence-corrected chi connectivity index (χ4v) is 2.29. The maximum atomic E-state index is 13.7. The normalized spacial score (nSPS) is 14.8.